The first-order chi connectivity index (χ1) is 15.6. The van der Waals surface area contributed by atoms with E-state index in [0.29, 0.717) is 22.2 Å². The molecule has 33 heavy (non-hydrogen) atoms. The molecule has 0 radical (unpaired) electrons. The first-order valence-electron chi connectivity index (χ1n) is 10.7. The van der Waals surface area contributed by atoms with Crippen molar-refractivity contribution in [2.24, 2.45) is 11.3 Å². The monoisotopic (exact) mass is 466 g/mol. The van der Waals surface area contributed by atoms with Gasteiger partial charge in [-0.25, -0.2) is 9.18 Å². The van der Waals surface area contributed by atoms with Gasteiger partial charge in [0.1, 0.15) is 5.82 Å². The van der Waals surface area contributed by atoms with Crippen LogP contribution in [0.3, 0.4) is 0 Å². The van der Waals surface area contributed by atoms with Crippen molar-refractivity contribution in [2.75, 3.05) is 0 Å². The maximum absolute atomic E-state index is 14.7. The Morgan fingerprint density at radius 3 is 2.70 bits per heavy atom. The highest BCUT2D eigenvalue weighted by atomic mass is 35.5. The molecule has 0 bridgehead atoms. The minimum Gasteiger partial charge on any atom is -0.352 e. The Hall–Kier alpha value is -3.37. The van der Waals surface area contributed by atoms with Gasteiger partial charge < -0.3 is 5.32 Å². The molecule has 2 N–H and O–H groups in total. The quantitative estimate of drug-likeness (QED) is 0.558. The number of benzene rings is 2. The Labute approximate surface area is 196 Å². The van der Waals surface area contributed by atoms with Gasteiger partial charge in [0.05, 0.1) is 16.3 Å². The molecule has 1 aliphatic carbocycles. The zero-order valence-corrected chi connectivity index (χ0v) is 19.4. The van der Waals surface area contributed by atoms with Gasteiger partial charge in [0.2, 0.25) is 5.91 Å². The van der Waals surface area contributed by atoms with E-state index in [9.17, 15) is 14.0 Å². The van der Waals surface area contributed by atoms with Gasteiger partial charge in [0.25, 0.3) is 0 Å². The summed E-state index contributed by atoms with van der Waals surface area (Å²) in [7, 11) is 0. The predicted molar refractivity (Wildman–Crippen MR) is 125 cm³/mol. The number of H-pyrrole nitrogens is 1. The lowest BCUT2D eigenvalue weighted by molar-refractivity contribution is -0.128. The third-order valence-corrected chi connectivity index (χ3v) is 5.53. The number of amides is 1. The summed E-state index contributed by atoms with van der Waals surface area (Å²) >= 11 is 6.32. The number of hydrogen-bond acceptors (Lipinski definition) is 3. The van der Waals surface area contributed by atoms with Crippen LogP contribution in [0.15, 0.2) is 41.2 Å². The van der Waals surface area contributed by atoms with Crippen molar-refractivity contribution in [1.82, 2.24) is 20.1 Å². The van der Waals surface area contributed by atoms with Gasteiger partial charge >= 0.3 is 5.69 Å². The molecule has 170 valence electrons. The zero-order chi connectivity index (χ0) is 23.8. The summed E-state index contributed by atoms with van der Waals surface area (Å²) in [6.07, 6.45) is 2.19. The SMILES string of the molecule is CC(C)(C)C(=O)NCc1ccc(Cl)c(-n2nc(-c3ccc(C#CC4CC4)cc3F)[nH]c2=O)c1. The van der Waals surface area contributed by atoms with Crippen molar-refractivity contribution in [1.29, 1.82) is 0 Å². The molecular formula is C25H24ClFN4O2. The van der Waals surface area contributed by atoms with Crippen LogP contribution < -0.4 is 11.0 Å². The molecule has 2 aromatic carbocycles. The van der Waals surface area contributed by atoms with Crippen molar-refractivity contribution < 1.29 is 9.18 Å². The number of aromatic nitrogens is 3. The second-order valence-corrected chi connectivity index (χ2v) is 9.55. The smallest absolute Gasteiger partial charge is 0.348 e. The third kappa shape index (κ3) is 5.35. The van der Waals surface area contributed by atoms with Gasteiger partial charge in [0.15, 0.2) is 5.82 Å². The van der Waals surface area contributed by atoms with E-state index in [2.05, 4.69) is 27.2 Å². The van der Waals surface area contributed by atoms with Gasteiger partial charge in [-0.2, -0.15) is 4.68 Å². The number of nitrogens with zero attached hydrogens (tertiary/aromatic N) is 2. The van der Waals surface area contributed by atoms with Crippen LogP contribution in [0.2, 0.25) is 5.02 Å². The Morgan fingerprint density at radius 2 is 2.03 bits per heavy atom. The summed E-state index contributed by atoms with van der Waals surface area (Å²) in [4.78, 5) is 27.4. The number of carbonyl (C=O) groups excluding carboxylic acids is 1. The summed E-state index contributed by atoms with van der Waals surface area (Å²) in [6, 6.07) is 9.65. The van der Waals surface area contributed by atoms with Crippen molar-refractivity contribution in [3.63, 3.8) is 0 Å². The Bertz CT molecular complexity index is 1340. The maximum Gasteiger partial charge on any atom is 0.348 e. The molecule has 0 aliphatic heterocycles. The lowest BCUT2D eigenvalue weighted by Crippen LogP contribution is -2.34. The van der Waals surface area contributed by atoms with Crippen LogP contribution in [0.1, 0.15) is 44.7 Å². The molecule has 3 aromatic rings. The van der Waals surface area contributed by atoms with E-state index >= 15 is 0 Å². The Kier molecular flexibility index (Phi) is 6.13. The van der Waals surface area contributed by atoms with E-state index in [1.165, 1.54) is 6.07 Å². The second-order valence-electron chi connectivity index (χ2n) is 9.15. The standard InChI is InChI=1S/C25H24ClFN4O2/c1-25(2,3)23(32)28-14-17-9-11-19(26)21(13-17)31-24(33)29-22(30-31)18-10-8-16(12-20(18)27)7-6-15-4-5-15/h8-13,15H,4-5,14H2,1-3H3,(H,28,32)(H,29,30,33). The summed E-state index contributed by atoms with van der Waals surface area (Å²) in [5.74, 6) is 5.95. The average molecular weight is 467 g/mol. The molecule has 6 nitrogen and oxygen atoms in total. The fraction of sp³-hybridized carbons (Fsp3) is 0.320. The predicted octanol–water partition coefficient (Wildman–Crippen LogP) is 4.44. The van der Waals surface area contributed by atoms with Crippen LogP contribution in [0.4, 0.5) is 4.39 Å². The minimum absolute atomic E-state index is 0.0849. The van der Waals surface area contributed by atoms with Crippen LogP contribution in [-0.2, 0) is 11.3 Å². The first-order valence-corrected chi connectivity index (χ1v) is 11.1. The van der Waals surface area contributed by atoms with Crippen molar-refractivity contribution in [3.05, 3.63) is 68.8 Å². The third-order valence-electron chi connectivity index (χ3n) is 5.21. The number of hydrogen-bond donors (Lipinski definition) is 2. The number of aromatic amines is 1. The lowest BCUT2D eigenvalue weighted by Gasteiger charge is -2.17. The topological polar surface area (TPSA) is 79.8 Å². The van der Waals surface area contributed by atoms with Crippen molar-refractivity contribution in [3.8, 4) is 28.9 Å². The van der Waals surface area contributed by atoms with E-state index in [-0.39, 0.29) is 23.8 Å². The summed E-state index contributed by atoms with van der Waals surface area (Å²) < 4.78 is 15.8. The average Bonchev–Trinajstić information content (AvgIpc) is 3.51. The van der Waals surface area contributed by atoms with Gasteiger partial charge in [-0.1, -0.05) is 50.3 Å². The molecule has 1 fully saturated rings. The summed E-state index contributed by atoms with van der Waals surface area (Å²) in [5, 5.41) is 7.42. The van der Waals surface area contributed by atoms with Crippen LogP contribution in [-0.4, -0.2) is 20.7 Å². The normalized spacial score (nSPS) is 13.4. The lowest BCUT2D eigenvalue weighted by atomic mass is 9.95. The molecule has 1 saturated carbocycles. The summed E-state index contributed by atoms with van der Waals surface area (Å²) in [5.41, 5.74) is 0.740. The van der Waals surface area contributed by atoms with E-state index in [4.69, 9.17) is 11.6 Å². The molecular weight excluding hydrogens is 443 g/mol. The largest absolute Gasteiger partial charge is 0.352 e. The highest BCUT2D eigenvalue weighted by Crippen LogP contribution is 2.28. The zero-order valence-electron chi connectivity index (χ0n) is 18.6. The van der Waals surface area contributed by atoms with Crippen LogP contribution >= 0.6 is 11.6 Å². The highest BCUT2D eigenvalue weighted by molar-refractivity contribution is 6.32. The highest BCUT2D eigenvalue weighted by Gasteiger charge is 2.21. The maximum atomic E-state index is 14.7. The fourth-order valence-electron chi connectivity index (χ4n) is 3.09. The van der Waals surface area contributed by atoms with E-state index in [0.717, 1.165) is 23.1 Å². The van der Waals surface area contributed by atoms with Crippen LogP contribution in [0.5, 0.6) is 0 Å². The van der Waals surface area contributed by atoms with Gasteiger partial charge in [-0.3, -0.25) is 9.78 Å². The van der Waals surface area contributed by atoms with Crippen LogP contribution in [0.25, 0.3) is 17.1 Å². The number of rotatable bonds is 4. The second kappa shape index (κ2) is 8.87. The Balaban J connectivity index is 1.60. The molecule has 0 unspecified atom stereocenters. The van der Waals surface area contributed by atoms with Crippen molar-refractivity contribution in [2.45, 2.75) is 40.2 Å². The number of carbonyl (C=O) groups is 1. The molecule has 4 rings (SSSR count). The van der Waals surface area contributed by atoms with Gasteiger partial charge in [-0.15, -0.1) is 5.10 Å². The van der Waals surface area contributed by atoms with Gasteiger partial charge in [-0.05, 0) is 48.7 Å². The molecule has 1 aliphatic rings. The van der Waals surface area contributed by atoms with Crippen molar-refractivity contribution >= 4 is 17.5 Å². The van der Waals surface area contributed by atoms with E-state index < -0.39 is 16.9 Å². The Morgan fingerprint density at radius 1 is 1.27 bits per heavy atom. The molecule has 1 heterocycles. The molecule has 0 atom stereocenters. The molecule has 0 spiro atoms. The number of nitrogens with one attached hydrogen (secondary N) is 2. The number of halogens is 2. The van der Waals surface area contributed by atoms with E-state index in [1.54, 1.807) is 30.3 Å². The summed E-state index contributed by atoms with van der Waals surface area (Å²) in [6.45, 7) is 5.74. The molecule has 0 saturated heterocycles. The molecule has 1 aromatic heterocycles. The van der Waals surface area contributed by atoms with Crippen LogP contribution in [0, 0.1) is 29.0 Å². The molecule has 1 amide bonds. The first kappa shape index (κ1) is 22.8. The van der Waals surface area contributed by atoms with Gasteiger partial charge in [0, 0.05) is 23.4 Å². The fourth-order valence-corrected chi connectivity index (χ4v) is 3.28. The molecule has 8 heteroatoms. The minimum atomic E-state index is -0.556. The van der Waals surface area contributed by atoms with E-state index in [1.807, 2.05) is 20.8 Å².